The van der Waals surface area contributed by atoms with E-state index in [4.69, 9.17) is 5.73 Å². The highest BCUT2D eigenvalue weighted by Gasteiger charge is 2.19. The molecule has 3 aromatic carbocycles. The number of hydrogen-bond acceptors (Lipinski definition) is 9. The van der Waals surface area contributed by atoms with Gasteiger partial charge in [-0.3, -0.25) is 4.55 Å². The van der Waals surface area contributed by atoms with E-state index in [1.807, 2.05) is 0 Å². The van der Waals surface area contributed by atoms with Crippen molar-refractivity contribution >= 4 is 53.9 Å². The highest BCUT2D eigenvalue weighted by atomic mass is 32.2. The largest absolute Gasteiger partial charge is 0.396 e. The summed E-state index contributed by atoms with van der Waals surface area (Å²) >= 11 is 0. The normalized spacial score (nSPS) is 12.3. The zero-order chi connectivity index (χ0) is 23.6. The minimum atomic E-state index is -4.54. The lowest BCUT2D eigenvalue weighted by molar-refractivity contribution is 0.484. The van der Waals surface area contributed by atoms with Crippen molar-refractivity contribution in [2.24, 2.45) is 10.2 Å². The van der Waals surface area contributed by atoms with Gasteiger partial charge in [0, 0.05) is 23.2 Å². The summed E-state index contributed by atoms with van der Waals surface area (Å²) in [6.45, 7) is 0. The van der Waals surface area contributed by atoms with Crippen molar-refractivity contribution in [1.29, 1.82) is 0 Å². The maximum Gasteiger partial charge on any atom is 0.295 e. The number of nitrogen functional groups attached to an aromatic ring is 1. The van der Waals surface area contributed by atoms with Crippen LogP contribution in [0, 0.1) is 0 Å². The van der Waals surface area contributed by atoms with Crippen LogP contribution < -0.4 is 10.5 Å². The van der Waals surface area contributed by atoms with Crippen LogP contribution in [0.3, 0.4) is 0 Å². The van der Waals surface area contributed by atoms with Gasteiger partial charge in [-0.25, -0.2) is 23.1 Å². The predicted molar refractivity (Wildman–Crippen MR) is 122 cm³/mol. The molecule has 4 N–H and O–H groups in total. The highest BCUT2D eigenvalue weighted by Crippen LogP contribution is 2.36. The number of rotatable bonds is 6. The van der Waals surface area contributed by atoms with Crippen LogP contribution in [0.15, 0.2) is 93.1 Å². The molecule has 13 heteroatoms. The minimum absolute atomic E-state index is 0.0286. The SMILES string of the molecule is Nc1c(N=Nc2ccc(S(=O)(=O)Nc3ncccn3)cc2)cc(S(=O)(=O)O)c2ccccc12. The summed E-state index contributed by atoms with van der Waals surface area (Å²) in [4.78, 5) is 7.24. The topological polar surface area (TPSA) is 177 Å². The van der Waals surface area contributed by atoms with Gasteiger partial charge >= 0.3 is 0 Å². The molecule has 0 radical (unpaired) electrons. The number of anilines is 2. The average Bonchev–Trinajstić information content (AvgIpc) is 2.78. The molecular weight excluding hydrogens is 468 g/mol. The van der Waals surface area contributed by atoms with Gasteiger partial charge in [0.15, 0.2) is 0 Å². The summed E-state index contributed by atoms with van der Waals surface area (Å²) in [6, 6.07) is 14.5. The minimum Gasteiger partial charge on any atom is -0.396 e. The van der Waals surface area contributed by atoms with E-state index in [2.05, 4.69) is 24.9 Å². The highest BCUT2D eigenvalue weighted by molar-refractivity contribution is 7.92. The van der Waals surface area contributed by atoms with E-state index in [-0.39, 0.29) is 38.2 Å². The van der Waals surface area contributed by atoms with E-state index in [9.17, 15) is 21.4 Å². The zero-order valence-corrected chi connectivity index (χ0v) is 18.3. The average molecular weight is 485 g/mol. The van der Waals surface area contributed by atoms with Gasteiger partial charge in [-0.1, -0.05) is 24.3 Å². The third-order valence-electron chi connectivity index (χ3n) is 4.52. The van der Waals surface area contributed by atoms with E-state index >= 15 is 0 Å². The Kier molecular flexibility index (Phi) is 5.76. The first-order valence-electron chi connectivity index (χ1n) is 9.25. The second-order valence-electron chi connectivity index (χ2n) is 6.70. The molecular formula is C20H16N6O5S2. The number of fused-ring (bicyclic) bond motifs is 1. The Bertz CT molecular complexity index is 1570. The molecule has 0 aliphatic rings. The maximum atomic E-state index is 12.5. The summed E-state index contributed by atoms with van der Waals surface area (Å²) in [5, 5.41) is 8.64. The second-order valence-corrected chi connectivity index (χ2v) is 9.77. The third-order valence-corrected chi connectivity index (χ3v) is 6.75. The van der Waals surface area contributed by atoms with Crippen LogP contribution >= 0.6 is 0 Å². The molecule has 0 unspecified atom stereocenters. The van der Waals surface area contributed by atoms with Crippen molar-refractivity contribution in [3.05, 3.63) is 73.1 Å². The number of nitrogens with zero attached hydrogens (tertiary/aromatic N) is 4. The Hall–Kier alpha value is -3.94. The molecule has 0 saturated heterocycles. The monoisotopic (exact) mass is 484 g/mol. The Labute approximate surface area is 188 Å². The quantitative estimate of drug-likeness (QED) is 0.211. The van der Waals surface area contributed by atoms with Gasteiger partial charge in [0.25, 0.3) is 20.1 Å². The van der Waals surface area contributed by atoms with Gasteiger partial charge in [-0.05, 0) is 36.4 Å². The maximum absolute atomic E-state index is 12.5. The van der Waals surface area contributed by atoms with Crippen molar-refractivity contribution in [3.63, 3.8) is 0 Å². The molecule has 0 aliphatic carbocycles. The smallest absolute Gasteiger partial charge is 0.295 e. The molecule has 4 aromatic rings. The summed E-state index contributed by atoms with van der Waals surface area (Å²) < 4.78 is 60.4. The Morgan fingerprint density at radius 2 is 1.48 bits per heavy atom. The predicted octanol–water partition coefficient (Wildman–Crippen LogP) is 3.67. The fraction of sp³-hybridized carbons (Fsp3) is 0. The molecule has 0 spiro atoms. The number of azo groups is 1. The molecule has 0 bridgehead atoms. The molecule has 168 valence electrons. The molecule has 0 saturated carbocycles. The molecule has 1 heterocycles. The Balaban J connectivity index is 1.64. The standard InChI is InChI=1S/C20H16N6O5S2/c21-19-16-5-2-1-4-15(16)18(33(29,30)31)12-17(19)25-24-13-6-8-14(9-7-13)32(27,28)26-20-22-10-3-11-23-20/h1-12H,21H2,(H,22,23,26)(H,29,30,31). The molecule has 0 amide bonds. The van der Waals surface area contributed by atoms with Gasteiger partial charge in [-0.2, -0.15) is 13.5 Å². The Morgan fingerprint density at radius 1 is 0.848 bits per heavy atom. The van der Waals surface area contributed by atoms with Crippen LogP contribution in [-0.2, 0) is 20.1 Å². The number of hydrogen-bond donors (Lipinski definition) is 3. The molecule has 0 fully saturated rings. The van der Waals surface area contributed by atoms with Gasteiger partial charge < -0.3 is 5.73 Å². The van der Waals surface area contributed by atoms with E-state index in [0.717, 1.165) is 6.07 Å². The van der Waals surface area contributed by atoms with Gasteiger partial charge in [0.05, 0.1) is 16.3 Å². The summed E-state index contributed by atoms with van der Waals surface area (Å²) in [6.07, 6.45) is 2.81. The van der Waals surface area contributed by atoms with Crippen molar-refractivity contribution < 1.29 is 21.4 Å². The van der Waals surface area contributed by atoms with Crippen LogP contribution in [0.4, 0.5) is 23.0 Å². The van der Waals surface area contributed by atoms with Gasteiger partial charge in [0.2, 0.25) is 5.95 Å². The van der Waals surface area contributed by atoms with Crippen LogP contribution in [0.2, 0.25) is 0 Å². The van der Waals surface area contributed by atoms with E-state index in [0.29, 0.717) is 5.39 Å². The molecule has 33 heavy (non-hydrogen) atoms. The second kappa shape index (κ2) is 8.54. The number of aromatic nitrogens is 2. The van der Waals surface area contributed by atoms with Crippen LogP contribution in [0.25, 0.3) is 10.8 Å². The first-order chi connectivity index (χ1) is 15.6. The first kappa shape index (κ1) is 22.3. The number of sulfonamides is 1. The summed E-state index contributed by atoms with van der Waals surface area (Å²) in [5.41, 5.74) is 6.61. The van der Waals surface area contributed by atoms with Crippen molar-refractivity contribution in [2.45, 2.75) is 9.79 Å². The Morgan fingerprint density at radius 3 is 2.12 bits per heavy atom. The van der Waals surface area contributed by atoms with Gasteiger partial charge in [0.1, 0.15) is 10.6 Å². The van der Waals surface area contributed by atoms with Crippen LogP contribution in [0.1, 0.15) is 0 Å². The zero-order valence-electron chi connectivity index (χ0n) is 16.7. The molecule has 0 atom stereocenters. The third kappa shape index (κ3) is 4.79. The molecule has 0 aliphatic heterocycles. The lowest BCUT2D eigenvalue weighted by Crippen LogP contribution is -2.14. The molecule has 1 aromatic heterocycles. The van der Waals surface area contributed by atoms with Crippen molar-refractivity contribution in [1.82, 2.24) is 9.97 Å². The van der Waals surface area contributed by atoms with E-state index < -0.39 is 20.1 Å². The van der Waals surface area contributed by atoms with Crippen molar-refractivity contribution in [2.75, 3.05) is 10.5 Å². The number of benzene rings is 3. The molecule has 4 rings (SSSR count). The van der Waals surface area contributed by atoms with E-state index in [1.165, 1.54) is 42.7 Å². The van der Waals surface area contributed by atoms with Crippen molar-refractivity contribution in [3.8, 4) is 0 Å². The van der Waals surface area contributed by atoms with Crippen LogP contribution in [0.5, 0.6) is 0 Å². The van der Waals surface area contributed by atoms with Crippen LogP contribution in [-0.4, -0.2) is 31.4 Å². The van der Waals surface area contributed by atoms with E-state index in [1.54, 1.807) is 24.3 Å². The van der Waals surface area contributed by atoms with Gasteiger partial charge in [-0.15, -0.1) is 5.11 Å². The lowest BCUT2D eigenvalue weighted by Gasteiger charge is -2.09. The number of nitrogens with two attached hydrogens (primary N) is 1. The summed E-state index contributed by atoms with van der Waals surface area (Å²) in [5.74, 6) is -0.0670. The number of nitrogens with one attached hydrogen (secondary N) is 1. The lowest BCUT2D eigenvalue weighted by atomic mass is 10.1. The first-order valence-corrected chi connectivity index (χ1v) is 12.2. The summed E-state index contributed by atoms with van der Waals surface area (Å²) in [7, 11) is -8.45. The molecule has 11 nitrogen and oxygen atoms in total. The fourth-order valence-electron chi connectivity index (χ4n) is 2.98. The fourth-order valence-corrected chi connectivity index (χ4v) is 4.66.